The van der Waals surface area contributed by atoms with Gasteiger partial charge in [-0.15, -0.1) is 0 Å². The molecule has 2 N–H and O–H groups in total. The lowest BCUT2D eigenvalue weighted by Crippen LogP contribution is -2.55. The van der Waals surface area contributed by atoms with Gasteiger partial charge in [0.25, 0.3) is 0 Å². The first-order chi connectivity index (χ1) is 20.9. The number of aliphatic carboxylic acids is 1. The fourth-order valence-electron chi connectivity index (χ4n) is 5.57. The number of carboxylic acids is 1. The summed E-state index contributed by atoms with van der Waals surface area (Å²) >= 11 is 1.11. The number of rotatable bonds is 10. The molecule has 16 heteroatoms. The van der Waals surface area contributed by atoms with Crippen LogP contribution in [0, 0.1) is 11.6 Å². The van der Waals surface area contributed by atoms with Crippen molar-refractivity contribution < 1.29 is 36.2 Å². The van der Waals surface area contributed by atoms with Gasteiger partial charge in [0.05, 0.1) is 23.7 Å². The summed E-state index contributed by atoms with van der Waals surface area (Å²) in [5.41, 5.74) is -1.04. The molecule has 5 rings (SSSR count). The van der Waals surface area contributed by atoms with E-state index in [1.807, 2.05) is 6.92 Å². The first-order valence-electron chi connectivity index (χ1n) is 14.1. The lowest BCUT2D eigenvalue weighted by molar-refractivity contribution is -0.138. The molecule has 0 saturated carbocycles. The van der Waals surface area contributed by atoms with Crippen LogP contribution >= 0.6 is 11.3 Å². The van der Waals surface area contributed by atoms with Crippen molar-refractivity contribution in [2.45, 2.75) is 58.4 Å². The van der Waals surface area contributed by atoms with Crippen LogP contribution in [0.3, 0.4) is 0 Å². The van der Waals surface area contributed by atoms with Crippen LogP contribution in [-0.2, 0) is 17.5 Å². The Kier molecular flexibility index (Phi) is 10.9. The number of nitrogens with one attached hydrogen (secondary N) is 1. The molecule has 2 fully saturated rings. The maximum Gasteiger partial charge on any atom is 0.416 e. The number of piperazine rings is 1. The normalized spacial score (nSPS) is 19.5. The number of nitrogens with zero attached hydrogens (tertiary/aromatic N) is 6. The summed E-state index contributed by atoms with van der Waals surface area (Å²) in [6, 6.07) is 1.85. The van der Waals surface area contributed by atoms with Gasteiger partial charge in [-0.3, -0.25) is 14.6 Å². The third kappa shape index (κ3) is 8.02. The molecular formula is C29H35F6N7O2S. The van der Waals surface area contributed by atoms with E-state index < -0.39 is 42.1 Å². The molecule has 2 aliphatic heterocycles. The van der Waals surface area contributed by atoms with E-state index in [1.54, 1.807) is 9.80 Å². The maximum atomic E-state index is 15.8. The first kappa shape index (κ1) is 34.4. The second kappa shape index (κ2) is 14.3. The Bertz CT molecular complexity index is 1490. The van der Waals surface area contributed by atoms with Crippen molar-refractivity contribution >= 4 is 34.1 Å². The van der Waals surface area contributed by atoms with Crippen molar-refractivity contribution in [3.8, 4) is 11.3 Å². The van der Waals surface area contributed by atoms with Crippen LogP contribution in [0.4, 0.5) is 43.1 Å². The quantitative estimate of drug-likeness (QED) is 0.247. The SMILES string of the molecule is C.C[C@@H]1CCCN1Cc1sc(Nc2ncnc(N3CCN(CCC(=O)O)C(CF)C3)c2F)nc1-c1cc(F)cc(C(F)(F)F)c1. The topological polar surface area (TPSA) is 97.7 Å². The van der Waals surface area contributed by atoms with E-state index in [0.717, 1.165) is 49.2 Å². The molecule has 45 heavy (non-hydrogen) atoms. The Hall–Kier alpha value is -3.50. The van der Waals surface area contributed by atoms with Gasteiger partial charge in [0, 0.05) is 49.2 Å². The van der Waals surface area contributed by atoms with Crippen molar-refractivity contribution in [2.75, 3.05) is 49.6 Å². The Morgan fingerprint density at radius 3 is 2.58 bits per heavy atom. The molecule has 2 aromatic heterocycles. The number of aromatic nitrogens is 3. The third-order valence-electron chi connectivity index (χ3n) is 7.92. The molecule has 0 spiro atoms. The summed E-state index contributed by atoms with van der Waals surface area (Å²) < 4.78 is 84.4. The summed E-state index contributed by atoms with van der Waals surface area (Å²) in [5, 5.41) is 11.9. The predicted molar refractivity (Wildman–Crippen MR) is 159 cm³/mol. The lowest BCUT2D eigenvalue weighted by atomic mass is 10.1. The molecule has 246 valence electrons. The van der Waals surface area contributed by atoms with E-state index in [9.17, 15) is 26.7 Å². The fourth-order valence-corrected chi connectivity index (χ4v) is 6.58. The van der Waals surface area contributed by atoms with E-state index in [1.165, 1.54) is 0 Å². The highest BCUT2D eigenvalue weighted by Gasteiger charge is 2.33. The molecule has 2 atom stereocenters. The monoisotopic (exact) mass is 659 g/mol. The van der Waals surface area contributed by atoms with E-state index in [4.69, 9.17) is 5.11 Å². The molecule has 1 aromatic carbocycles. The number of anilines is 3. The lowest BCUT2D eigenvalue weighted by Gasteiger charge is -2.40. The number of hydrogen-bond donors (Lipinski definition) is 2. The zero-order valence-electron chi connectivity index (χ0n) is 23.7. The zero-order chi connectivity index (χ0) is 31.6. The molecule has 1 unspecified atom stereocenters. The van der Waals surface area contributed by atoms with Gasteiger partial charge >= 0.3 is 12.1 Å². The van der Waals surface area contributed by atoms with E-state index in [0.29, 0.717) is 24.0 Å². The van der Waals surface area contributed by atoms with Crippen molar-refractivity contribution in [3.63, 3.8) is 0 Å². The molecular weight excluding hydrogens is 624 g/mol. The summed E-state index contributed by atoms with van der Waals surface area (Å²) in [5.74, 6) is -3.21. The smallest absolute Gasteiger partial charge is 0.416 e. The van der Waals surface area contributed by atoms with Crippen LogP contribution in [0.5, 0.6) is 0 Å². The Morgan fingerprint density at radius 2 is 1.91 bits per heavy atom. The van der Waals surface area contributed by atoms with Gasteiger partial charge in [0.2, 0.25) is 5.82 Å². The van der Waals surface area contributed by atoms with E-state index in [2.05, 4.69) is 25.2 Å². The average molecular weight is 660 g/mol. The Labute approximate surface area is 260 Å². The van der Waals surface area contributed by atoms with Gasteiger partial charge in [-0.05, 0) is 44.5 Å². The van der Waals surface area contributed by atoms with Crippen molar-refractivity contribution in [2.24, 2.45) is 0 Å². The van der Waals surface area contributed by atoms with Crippen LogP contribution in [0.15, 0.2) is 24.5 Å². The summed E-state index contributed by atoms with van der Waals surface area (Å²) in [6.07, 6.45) is -1.85. The number of likely N-dealkylation sites (tertiary alicyclic amines) is 1. The minimum atomic E-state index is -4.76. The largest absolute Gasteiger partial charge is 0.481 e. The minimum Gasteiger partial charge on any atom is -0.481 e. The highest BCUT2D eigenvalue weighted by molar-refractivity contribution is 7.16. The molecule has 2 aliphatic rings. The summed E-state index contributed by atoms with van der Waals surface area (Å²) in [6.45, 7) is 3.24. The first-order valence-corrected chi connectivity index (χ1v) is 14.9. The van der Waals surface area contributed by atoms with Gasteiger partial charge in [-0.1, -0.05) is 18.8 Å². The number of carboxylic acid groups (broad SMARTS) is 1. The molecule has 0 amide bonds. The summed E-state index contributed by atoms with van der Waals surface area (Å²) in [7, 11) is 0. The van der Waals surface area contributed by atoms with Crippen LogP contribution in [0.1, 0.15) is 44.1 Å². The van der Waals surface area contributed by atoms with Crippen molar-refractivity contribution in [1.82, 2.24) is 24.8 Å². The number of alkyl halides is 4. The average Bonchev–Trinajstić information content (AvgIpc) is 3.57. The van der Waals surface area contributed by atoms with Gasteiger partial charge in [0.1, 0.15) is 18.8 Å². The number of carbonyl (C=O) groups is 1. The van der Waals surface area contributed by atoms with Crippen LogP contribution in [0.25, 0.3) is 11.3 Å². The highest BCUT2D eigenvalue weighted by Crippen LogP contribution is 2.39. The van der Waals surface area contributed by atoms with Gasteiger partial charge in [-0.2, -0.15) is 17.6 Å². The van der Waals surface area contributed by atoms with Gasteiger partial charge in [-0.25, -0.2) is 23.7 Å². The number of benzene rings is 1. The zero-order valence-corrected chi connectivity index (χ0v) is 24.6. The molecule has 2 saturated heterocycles. The highest BCUT2D eigenvalue weighted by atomic mass is 32.1. The minimum absolute atomic E-state index is 0. The van der Waals surface area contributed by atoms with Gasteiger partial charge < -0.3 is 15.3 Å². The fraction of sp³-hybridized carbons (Fsp3) is 0.517. The second-order valence-electron chi connectivity index (χ2n) is 10.9. The molecule has 0 radical (unpaired) electrons. The Balaban J connectivity index is 0.00000461. The number of hydrogen-bond acceptors (Lipinski definition) is 9. The number of halogens is 6. The van der Waals surface area contributed by atoms with E-state index in [-0.39, 0.29) is 67.5 Å². The third-order valence-corrected chi connectivity index (χ3v) is 8.88. The predicted octanol–water partition coefficient (Wildman–Crippen LogP) is 6.20. The van der Waals surface area contributed by atoms with Crippen molar-refractivity contribution in [1.29, 1.82) is 0 Å². The molecule has 0 aliphatic carbocycles. The Morgan fingerprint density at radius 1 is 1.13 bits per heavy atom. The maximum absolute atomic E-state index is 15.8. The van der Waals surface area contributed by atoms with Gasteiger partial charge in [0.15, 0.2) is 16.8 Å². The standard InChI is InChI=1S/C28H31F6N7O2S.CH4/c1-16-3-2-5-40(16)14-21-24(17-9-18(28(32,33)34)11-19(30)10-17)37-27(44-21)38-25-23(31)26(36-15-35-25)41-8-7-39(6-4-22(42)43)20(12-29)13-41;/h9-11,15-16,20H,2-8,12-14H2,1H3,(H,42,43)(H,35,36,37,38);1H4/t16-,20?;/m1./s1. The van der Waals surface area contributed by atoms with Crippen LogP contribution < -0.4 is 10.2 Å². The summed E-state index contributed by atoms with van der Waals surface area (Å²) in [4.78, 5) is 29.5. The molecule has 4 heterocycles. The molecule has 0 bridgehead atoms. The van der Waals surface area contributed by atoms with E-state index >= 15 is 4.39 Å². The molecule has 3 aromatic rings. The van der Waals surface area contributed by atoms with Crippen LogP contribution in [-0.4, -0.2) is 87.3 Å². The number of thiazole rings is 1. The molecule has 9 nitrogen and oxygen atoms in total. The van der Waals surface area contributed by atoms with Crippen molar-refractivity contribution in [3.05, 3.63) is 46.6 Å². The van der Waals surface area contributed by atoms with Crippen LogP contribution in [0.2, 0.25) is 0 Å². The second-order valence-corrected chi connectivity index (χ2v) is 12.0.